The summed E-state index contributed by atoms with van der Waals surface area (Å²) in [6.07, 6.45) is 5.09. The number of benzene rings is 2. The highest BCUT2D eigenvalue weighted by atomic mass is 35.5. The summed E-state index contributed by atoms with van der Waals surface area (Å²) in [6.45, 7) is 5.17. The van der Waals surface area contributed by atoms with Gasteiger partial charge >= 0.3 is 0 Å². The number of amides is 2. The maximum Gasteiger partial charge on any atom is 0.244 e. The topological polar surface area (TPSA) is 86.8 Å². The van der Waals surface area contributed by atoms with Crippen molar-refractivity contribution in [2.24, 2.45) is 0 Å². The van der Waals surface area contributed by atoms with Gasteiger partial charge in [-0.2, -0.15) is 0 Å². The van der Waals surface area contributed by atoms with E-state index in [4.69, 9.17) is 11.6 Å². The van der Waals surface area contributed by atoms with Crippen LogP contribution in [0.4, 0.5) is 5.69 Å². The number of rotatable bonds is 9. The molecule has 0 radical (unpaired) electrons. The Morgan fingerprint density at radius 2 is 1.71 bits per heavy atom. The number of carbonyl (C=O) groups excluding carboxylic acids is 2. The summed E-state index contributed by atoms with van der Waals surface area (Å²) >= 11 is 6.05. The van der Waals surface area contributed by atoms with Crippen molar-refractivity contribution in [1.82, 2.24) is 10.2 Å². The minimum absolute atomic E-state index is 0.116. The van der Waals surface area contributed by atoms with E-state index < -0.39 is 28.5 Å². The Balaban J connectivity index is 1.89. The summed E-state index contributed by atoms with van der Waals surface area (Å²) in [4.78, 5) is 28.2. The third-order valence-corrected chi connectivity index (χ3v) is 7.81. The SMILES string of the molecule is Cc1ccc(CN(C(=O)CN(c2ccc(Cl)cc2C)S(C)(=O)=O)C(C)C(=O)NC2CCCC2)cc1. The highest BCUT2D eigenvalue weighted by Crippen LogP contribution is 2.26. The van der Waals surface area contributed by atoms with Crippen LogP contribution in [-0.2, 0) is 26.2 Å². The van der Waals surface area contributed by atoms with Gasteiger partial charge in [0.25, 0.3) is 0 Å². The lowest BCUT2D eigenvalue weighted by Crippen LogP contribution is -2.52. The van der Waals surface area contributed by atoms with Gasteiger partial charge in [0.05, 0.1) is 11.9 Å². The fourth-order valence-electron chi connectivity index (χ4n) is 4.36. The van der Waals surface area contributed by atoms with Gasteiger partial charge in [0.1, 0.15) is 12.6 Å². The van der Waals surface area contributed by atoms with Gasteiger partial charge in [-0.15, -0.1) is 0 Å². The fraction of sp³-hybridized carbons (Fsp3) is 0.462. The maximum absolute atomic E-state index is 13.6. The van der Waals surface area contributed by atoms with Crippen LogP contribution in [0, 0.1) is 13.8 Å². The molecule has 0 spiro atoms. The average Bonchev–Trinajstić information content (AvgIpc) is 3.29. The van der Waals surface area contributed by atoms with Crippen LogP contribution in [0.2, 0.25) is 5.02 Å². The first-order chi connectivity index (χ1) is 16.5. The first kappa shape index (κ1) is 27.0. The molecule has 3 rings (SSSR count). The summed E-state index contributed by atoms with van der Waals surface area (Å²) in [5, 5.41) is 3.54. The van der Waals surface area contributed by atoms with Gasteiger partial charge in [0.15, 0.2) is 0 Å². The highest BCUT2D eigenvalue weighted by molar-refractivity contribution is 7.92. The fourth-order valence-corrected chi connectivity index (χ4v) is 5.49. The maximum atomic E-state index is 13.6. The van der Waals surface area contributed by atoms with Crippen LogP contribution in [0.1, 0.15) is 49.3 Å². The number of hydrogen-bond acceptors (Lipinski definition) is 4. The number of nitrogens with zero attached hydrogens (tertiary/aromatic N) is 2. The zero-order valence-electron chi connectivity index (χ0n) is 20.8. The van der Waals surface area contributed by atoms with Crippen molar-refractivity contribution in [3.63, 3.8) is 0 Å². The second-order valence-corrected chi connectivity index (χ2v) is 11.7. The van der Waals surface area contributed by atoms with Gasteiger partial charge in [0.2, 0.25) is 21.8 Å². The van der Waals surface area contributed by atoms with Crippen molar-refractivity contribution in [3.8, 4) is 0 Å². The summed E-state index contributed by atoms with van der Waals surface area (Å²) in [5.74, 6) is -0.689. The molecular weight excluding hydrogens is 486 g/mol. The molecule has 9 heteroatoms. The predicted octanol–water partition coefficient (Wildman–Crippen LogP) is 4.20. The van der Waals surface area contributed by atoms with Gasteiger partial charge in [-0.3, -0.25) is 13.9 Å². The number of nitrogens with one attached hydrogen (secondary N) is 1. The van der Waals surface area contributed by atoms with E-state index in [1.54, 1.807) is 32.0 Å². The van der Waals surface area contributed by atoms with E-state index in [0.29, 0.717) is 16.3 Å². The largest absolute Gasteiger partial charge is 0.352 e. The standard InChI is InChI=1S/C26H34ClN3O4S/c1-18-9-11-21(12-10-18)16-29(20(3)26(32)28-23-7-5-6-8-23)25(31)17-30(35(4,33)34)24-14-13-22(27)15-19(24)2/h9-15,20,23H,5-8,16-17H2,1-4H3,(H,28,32). The Morgan fingerprint density at radius 3 is 2.29 bits per heavy atom. The van der Waals surface area contributed by atoms with Crippen LogP contribution < -0.4 is 9.62 Å². The normalized spacial score (nSPS) is 15.0. The van der Waals surface area contributed by atoms with Gasteiger partial charge < -0.3 is 10.2 Å². The molecular formula is C26H34ClN3O4S. The molecule has 1 aliphatic rings. The summed E-state index contributed by atoms with van der Waals surface area (Å²) in [7, 11) is -3.78. The zero-order chi connectivity index (χ0) is 25.8. The molecule has 7 nitrogen and oxygen atoms in total. The van der Waals surface area contributed by atoms with Crippen molar-refractivity contribution >= 4 is 39.1 Å². The van der Waals surface area contributed by atoms with E-state index in [1.807, 2.05) is 31.2 Å². The summed E-state index contributed by atoms with van der Waals surface area (Å²) in [6, 6.07) is 11.9. The number of sulfonamides is 1. The zero-order valence-corrected chi connectivity index (χ0v) is 22.3. The molecule has 35 heavy (non-hydrogen) atoms. The van der Waals surface area contributed by atoms with Crippen LogP contribution >= 0.6 is 11.6 Å². The quantitative estimate of drug-likeness (QED) is 0.538. The molecule has 1 saturated carbocycles. The second-order valence-electron chi connectivity index (χ2n) is 9.37. The van der Waals surface area contributed by atoms with E-state index in [1.165, 1.54) is 4.90 Å². The van der Waals surface area contributed by atoms with Crippen molar-refractivity contribution in [1.29, 1.82) is 0 Å². The molecule has 1 N–H and O–H groups in total. The molecule has 190 valence electrons. The Labute approximate surface area is 213 Å². The van der Waals surface area contributed by atoms with E-state index >= 15 is 0 Å². The van der Waals surface area contributed by atoms with Crippen LogP contribution in [0.3, 0.4) is 0 Å². The molecule has 0 heterocycles. The predicted molar refractivity (Wildman–Crippen MR) is 140 cm³/mol. The summed E-state index contributed by atoms with van der Waals surface area (Å²) < 4.78 is 26.5. The highest BCUT2D eigenvalue weighted by Gasteiger charge is 2.31. The lowest BCUT2D eigenvalue weighted by Gasteiger charge is -2.32. The minimum atomic E-state index is -3.78. The lowest BCUT2D eigenvalue weighted by atomic mass is 10.1. The first-order valence-corrected chi connectivity index (χ1v) is 14.1. The third-order valence-electron chi connectivity index (χ3n) is 6.45. The van der Waals surface area contributed by atoms with Crippen molar-refractivity contribution in [2.45, 2.75) is 65.1 Å². The first-order valence-electron chi connectivity index (χ1n) is 11.8. The monoisotopic (exact) mass is 519 g/mol. The number of hydrogen-bond donors (Lipinski definition) is 1. The number of anilines is 1. The molecule has 0 bridgehead atoms. The average molecular weight is 520 g/mol. The Kier molecular flexibility index (Phi) is 8.83. The number of aryl methyl sites for hydroxylation is 2. The van der Waals surface area contributed by atoms with Crippen LogP contribution in [0.5, 0.6) is 0 Å². The van der Waals surface area contributed by atoms with Crippen LogP contribution in [0.15, 0.2) is 42.5 Å². The lowest BCUT2D eigenvalue weighted by molar-refractivity contribution is -0.139. The Morgan fingerprint density at radius 1 is 1.09 bits per heavy atom. The molecule has 0 saturated heterocycles. The molecule has 1 unspecified atom stereocenters. The van der Waals surface area contributed by atoms with Gasteiger partial charge in [-0.05, 0) is 62.9 Å². The van der Waals surface area contributed by atoms with Crippen molar-refractivity contribution in [3.05, 3.63) is 64.2 Å². The Hall–Kier alpha value is -2.58. The van der Waals surface area contributed by atoms with E-state index in [9.17, 15) is 18.0 Å². The molecule has 1 atom stereocenters. The second kappa shape index (κ2) is 11.4. The van der Waals surface area contributed by atoms with Crippen LogP contribution in [0.25, 0.3) is 0 Å². The van der Waals surface area contributed by atoms with E-state index in [2.05, 4.69) is 5.32 Å². The van der Waals surface area contributed by atoms with Gasteiger partial charge in [0, 0.05) is 17.6 Å². The van der Waals surface area contributed by atoms with E-state index in [0.717, 1.165) is 47.4 Å². The van der Waals surface area contributed by atoms with Crippen LogP contribution in [-0.4, -0.2) is 50.0 Å². The van der Waals surface area contributed by atoms with Crippen molar-refractivity contribution in [2.75, 3.05) is 17.1 Å². The molecule has 2 aromatic rings. The number of carbonyl (C=O) groups is 2. The van der Waals surface area contributed by atoms with Crippen molar-refractivity contribution < 1.29 is 18.0 Å². The van der Waals surface area contributed by atoms with E-state index in [-0.39, 0.29) is 18.5 Å². The molecule has 0 aliphatic heterocycles. The number of halogens is 1. The molecule has 1 aliphatic carbocycles. The molecule has 2 amide bonds. The molecule has 1 fully saturated rings. The summed E-state index contributed by atoms with van der Waals surface area (Å²) in [5.41, 5.74) is 2.95. The minimum Gasteiger partial charge on any atom is -0.352 e. The Bertz CT molecular complexity index is 1160. The van der Waals surface area contributed by atoms with Gasteiger partial charge in [-0.1, -0.05) is 54.3 Å². The van der Waals surface area contributed by atoms with Gasteiger partial charge in [-0.25, -0.2) is 8.42 Å². The molecule has 2 aromatic carbocycles. The smallest absolute Gasteiger partial charge is 0.244 e. The molecule has 0 aromatic heterocycles. The third kappa shape index (κ3) is 7.21.